The minimum Gasteiger partial charge on any atom is -0.371 e. The molecule has 1 aliphatic heterocycles. The first-order chi connectivity index (χ1) is 8.14. The maximum Gasteiger partial charge on any atom is 0.153 e. The van der Waals surface area contributed by atoms with E-state index in [1.807, 2.05) is 42.5 Å². The molecule has 1 saturated heterocycles. The molecule has 1 nitrogen and oxygen atoms in total. The van der Waals surface area contributed by atoms with Crippen molar-refractivity contribution in [1.29, 1.82) is 0 Å². The van der Waals surface area contributed by atoms with Crippen LogP contribution in [0.3, 0.4) is 0 Å². The molecule has 1 unspecified atom stereocenters. The average molecular weight is 292 g/mol. The SMILES string of the molecule is ClC[C@@H]1COC(/C=C/c2ccccc2)C1(Cl)Cl. The van der Waals surface area contributed by atoms with Crippen LogP contribution in [0.25, 0.3) is 6.08 Å². The van der Waals surface area contributed by atoms with Crippen LogP contribution in [0.2, 0.25) is 0 Å². The second kappa shape index (κ2) is 5.62. The predicted octanol–water partition coefficient (Wildman–Crippen LogP) is 4.13. The van der Waals surface area contributed by atoms with E-state index in [-0.39, 0.29) is 12.0 Å². The van der Waals surface area contributed by atoms with Crippen LogP contribution >= 0.6 is 34.8 Å². The molecule has 0 amide bonds. The number of alkyl halides is 3. The third-order valence-corrected chi connectivity index (χ3v) is 4.27. The summed E-state index contributed by atoms with van der Waals surface area (Å²) in [7, 11) is 0. The van der Waals surface area contributed by atoms with E-state index in [1.54, 1.807) is 0 Å². The van der Waals surface area contributed by atoms with Crippen molar-refractivity contribution in [2.75, 3.05) is 12.5 Å². The number of hydrogen-bond acceptors (Lipinski definition) is 1. The van der Waals surface area contributed by atoms with Gasteiger partial charge < -0.3 is 4.74 Å². The maximum absolute atomic E-state index is 6.27. The average Bonchev–Trinajstić information content (AvgIpc) is 2.62. The highest BCUT2D eigenvalue weighted by Crippen LogP contribution is 2.42. The molecule has 1 aromatic rings. The second-order valence-electron chi connectivity index (χ2n) is 4.05. The summed E-state index contributed by atoms with van der Waals surface area (Å²) in [4.78, 5) is 0. The Morgan fingerprint density at radius 1 is 1.29 bits per heavy atom. The molecule has 0 aliphatic carbocycles. The summed E-state index contributed by atoms with van der Waals surface area (Å²) in [6, 6.07) is 9.94. The monoisotopic (exact) mass is 290 g/mol. The Labute approximate surface area is 116 Å². The third-order valence-electron chi connectivity index (χ3n) is 2.85. The normalized spacial score (nSPS) is 27.7. The lowest BCUT2D eigenvalue weighted by Crippen LogP contribution is -2.31. The fourth-order valence-electron chi connectivity index (χ4n) is 1.77. The molecule has 1 fully saturated rings. The molecular formula is C13H13Cl3O. The smallest absolute Gasteiger partial charge is 0.153 e. The Morgan fingerprint density at radius 3 is 2.59 bits per heavy atom. The van der Waals surface area contributed by atoms with Crippen molar-refractivity contribution in [3.63, 3.8) is 0 Å². The number of ether oxygens (including phenoxy) is 1. The van der Waals surface area contributed by atoms with E-state index in [2.05, 4.69) is 0 Å². The Kier molecular flexibility index (Phi) is 4.37. The fourth-order valence-corrected chi connectivity index (χ4v) is 2.81. The Hall–Kier alpha value is -0.210. The van der Waals surface area contributed by atoms with Gasteiger partial charge in [0.15, 0.2) is 4.33 Å². The van der Waals surface area contributed by atoms with Crippen molar-refractivity contribution in [2.45, 2.75) is 10.4 Å². The van der Waals surface area contributed by atoms with Gasteiger partial charge in [-0.2, -0.15) is 0 Å². The van der Waals surface area contributed by atoms with Gasteiger partial charge in [0.1, 0.15) is 6.10 Å². The van der Waals surface area contributed by atoms with E-state index in [9.17, 15) is 0 Å². The molecule has 17 heavy (non-hydrogen) atoms. The van der Waals surface area contributed by atoms with Gasteiger partial charge in [-0.05, 0) is 5.56 Å². The first-order valence-electron chi connectivity index (χ1n) is 5.43. The van der Waals surface area contributed by atoms with Crippen LogP contribution in [-0.2, 0) is 4.74 Å². The molecule has 0 bridgehead atoms. The Bertz CT molecular complexity index is 389. The number of hydrogen-bond donors (Lipinski definition) is 0. The summed E-state index contributed by atoms with van der Waals surface area (Å²) >= 11 is 18.3. The van der Waals surface area contributed by atoms with Gasteiger partial charge in [0.25, 0.3) is 0 Å². The van der Waals surface area contributed by atoms with Crippen LogP contribution in [0.4, 0.5) is 0 Å². The van der Waals surface area contributed by atoms with Gasteiger partial charge in [-0.3, -0.25) is 0 Å². The minimum atomic E-state index is -0.937. The summed E-state index contributed by atoms with van der Waals surface area (Å²) in [6.07, 6.45) is 3.54. The summed E-state index contributed by atoms with van der Waals surface area (Å²) < 4.78 is 4.62. The maximum atomic E-state index is 6.27. The van der Waals surface area contributed by atoms with E-state index in [0.29, 0.717) is 12.5 Å². The lowest BCUT2D eigenvalue weighted by Gasteiger charge is -2.22. The zero-order valence-electron chi connectivity index (χ0n) is 9.15. The minimum absolute atomic E-state index is 0.0297. The van der Waals surface area contributed by atoms with Gasteiger partial charge in [0.05, 0.1) is 6.61 Å². The highest BCUT2D eigenvalue weighted by Gasteiger charge is 2.47. The van der Waals surface area contributed by atoms with Gasteiger partial charge >= 0.3 is 0 Å². The lowest BCUT2D eigenvalue weighted by molar-refractivity contribution is 0.139. The molecule has 0 aromatic heterocycles. The third kappa shape index (κ3) is 2.97. The van der Waals surface area contributed by atoms with Gasteiger partial charge in [-0.25, -0.2) is 0 Å². The molecule has 1 aliphatic rings. The summed E-state index contributed by atoms with van der Waals surface area (Å²) in [5.41, 5.74) is 1.09. The zero-order valence-corrected chi connectivity index (χ0v) is 11.4. The van der Waals surface area contributed by atoms with Crippen LogP contribution in [0, 0.1) is 5.92 Å². The largest absolute Gasteiger partial charge is 0.371 e. The summed E-state index contributed by atoms with van der Waals surface area (Å²) in [5, 5.41) is 0. The topological polar surface area (TPSA) is 9.23 Å². The molecule has 0 saturated carbocycles. The molecule has 0 spiro atoms. The molecule has 4 heteroatoms. The first-order valence-corrected chi connectivity index (χ1v) is 6.72. The summed E-state index contributed by atoms with van der Waals surface area (Å²) in [5.74, 6) is 0.376. The van der Waals surface area contributed by atoms with Gasteiger partial charge in [0.2, 0.25) is 0 Å². The van der Waals surface area contributed by atoms with Gasteiger partial charge in [0, 0.05) is 11.8 Å². The second-order valence-corrected chi connectivity index (χ2v) is 5.80. The standard InChI is InChI=1S/C13H13Cl3O/c14-8-11-9-17-12(13(11,15)16)7-6-10-4-2-1-3-5-10/h1-7,11-12H,8-9H2/b7-6+/t11-,12?/m1/s1. The predicted molar refractivity (Wildman–Crippen MR) is 73.9 cm³/mol. The zero-order chi connectivity index (χ0) is 12.3. The number of rotatable bonds is 3. The quantitative estimate of drug-likeness (QED) is 0.761. The molecule has 2 rings (SSSR count). The highest BCUT2D eigenvalue weighted by atomic mass is 35.5. The van der Waals surface area contributed by atoms with Crippen molar-refractivity contribution < 1.29 is 4.74 Å². The van der Waals surface area contributed by atoms with E-state index in [0.717, 1.165) is 5.56 Å². The first kappa shape index (κ1) is 13.2. The fraction of sp³-hybridized carbons (Fsp3) is 0.385. The molecule has 0 N–H and O–H groups in total. The Balaban J connectivity index is 2.08. The van der Waals surface area contributed by atoms with Crippen molar-refractivity contribution in [3.05, 3.63) is 42.0 Å². The molecule has 0 radical (unpaired) electrons. The Morgan fingerprint density at radius 2 is 2.00 bits per heavy atom. The van der Waals surface area contributed by atoms with Gasteiger partial charge in [-0.1, -0.05) is 65.7 Å². The molecular weight excluding hydrogens is 279 g/mol. The van der Waals surface area contributed by atoms with Crippen molar-refractivity contribution in [3.8, 4) is 0 Å². The van der Waals surface area contributed by atoms with Crippen molar-refractivity contribution in [1.82, 2.24) is 0 Å². The van der Waals surface area contributed by atoms with Crippen LogP contribution in [0.15, 0.2) is 36.4 Å². The molecule has 1 heterocycles. The van der Waals surface area contributed by atoms with E-state index < -0.39 is 4.33 Å². The van der Waals surface area contributed by atoms with Crippen molar-refractivity contribution in [2.24, 2.45) is 5.92 Å². The lowest BCUT2D eigenvalue weighted by atomic mass is 10.1. The van der Waals surface area contributed by atoms with E-state index in [4.69, 9.17) is 39.5 Å². The summed E-state index contributed by atoms with van der Waals surface area (Å²) in [6.45, 7) is 0.500. The highest BCUT2D eigenvalue weighted by molar-refractivity contribution is 6.49. The van der Waals surface area contributed by atoms with E-state index in [1.165, 1.54) is 0 Å². The molecule has 2 atom stereocenters. The molecule has 1 aromatic carbocycles. The van der Waals surface area contributed by atoms with Crippen molar-refractivity contribution >= 4 is 40.9 Å². The number of halogens is 3. The number of benzene rings is 1. The van der Waals surface area contributed by atoms with E-state index >= 15 is 0 Å². The van der Waals surface area contributed by atoms with Crippen LogP contribution in [-0.4, -0.2) is 22.9 Å². The van der Waals surface area contributed by atoms with Crippen LogP contribution in [0.1, 0.15) is 5.56 Å². The van der Waals surface area contributed by atoms with Crippen LogP contribution in [0.5, 0.6) is 0 Å². The van der Waals surface area contributed by atoms with Gasteiger partial charge in [-0.15, -0.1) is 11.6 Å². The van der Waals surface area contributed by atoms with Crippen LogP contribution < -0.4 is 0 Å². The molecule has 92 valence electrons.